The monoisotopic (exact) mass is 310 g/mol. The normalized spacial score (nSPS) is 12.1. The highest BCUT2D eigenvalue weighted by atomic mass is 32.2. The second-order valence-corrected chi connectivity index (χ2v) is 5.84. The number of ether oxygens (including phenoxy) is 1. The van der Waals surface area contributed by atoms with Crippen LogP contribution in [0.4, 0.5) is 0 Å². The smallest absolute Gasteiger partial charge is 0.323 e. The molecule has 3 N–H and O–H groups in total. The third-order valence-electron chi connectivity index (χ3n) is 2.45. The summed E-state index contributed by atoms with van der Waals surface area (Å²) in [5, 5.41) is 0. The molecule has 0 aliphatic rings. The molecule has 0 saturated heterocycles. The minimum Gasteiger partial charge on any atom is -0.465 e. The van der Waals surface area contributed by atoms with Gasteiger partial charge in [-0.1, -0.05) is 17.9 Å². The van der Waals surface area contributed by atoms with E-state index in [2.05, 4.69) is 16.6 Å². The topological polar surface area (TPSA) is 98.5 Å². The minimum absolute atomic E-state index is 0.0301. The van der Waals surface area contributed by atoms with Gasteiger partial charge >= 0.3 is 5.97 Å². The van der Waals surface area contributed by atoms with Crippen molar-refractivity contribution in [3.8, 4) is 11.8 Å². The van der Waals surface area contributed by atoms with Crippen LogP contribution in [0, 0.1) is 11.8 Å². The van der Waals surface area contributed by atoms with Gasteiger partial charge in [0.15, 0.2) is 0 Å². The molecule has 0 aromatic heterocycles. The van der Waals surface area contributed by atoms with Crippen LogP contribution in [0.1, 0.15) is 19.4 Å². The molecule has 0 amide bonds. The number of esters is 1. The van der Waals surface area contributed by atoms with Gasteiger partial charge in [-0.15, -0.1) is 0 Å². The predicted molar refractivity (Wildman–Crippen MR) is 78.8 cm³/mol. The number of nitrogens with two attached hydrogens (primary N) is 1. The van der Waals surface area contributed by atoms with Crippen LogP contribution in [0.5, 0.6) is 0 Å². The summed E-state index contributed by atoms with van der Waals surface area (Å²) in [6.45, 7) is 3.45. The third-order valence-corrected chi connectivity index (χ3v) is 3.99. The van der Waals surface area contributed by atoms with E-state index in [0.29, 0.717) is 5.56 Å². The van der Waals surface area contributed by atoms with Gasteiger partial charge in [0.05, 0.1) is 18.0 Å². The number of nitrogens with one attached hydrogen (secondary N) is 1. The van der Waals surface area contributed by atoms with Crippen LogP contribution >= 0.6 is 0 Å². The Morgan fingerprint density at radius 1 is 1.48 bits per heavy atom. The summed E-state index contributed by atoms with van der Waals surface area (Å²) in [6, 6.07) is 5.13. The Labute approximate surface area is 124 Å². The fraction of sp³-hybridized carbons (Fsp3) is 0.357. The van der Waals surface area contributed by atoms with Crippen molar-refractivity contribution >= 4 is 16.0 Å². The van der Waals surface area contributed by atoms with Gasteiger partial charge in [-0.2, -0.15) is 4.72 Å². The standard InChI is InChI=1S/C14H18N2O4S/c1-3-20-14(17)11(2)16-21(18,19)13-8-4-6-12(10-13)7-5-9-15/h4,6,8,10-11,16H,3,9,15H2,1-2H3. The molecule has 7 heteroatoms. The van der Waals surface area contributed by atoms with E-state index in [1.807, 2.05) is 0 Å². The van der Waals surface area contributed by atoms with Crippen molar-refractivity contribution in [2.24, 2.45) is 5.73 Å². The molecule has 0 heterocycles. The van der Waals surface area contributed by atoms with Crippen molar-refractivity contribution in [2.45, 2.75) is 24.8 Å². The lowest BCUT2D eigenvalue weighted by Gasteiger charge is -2.13. The summed E-state index contributed by atoms with van der Waals surface area (Å²) < 4.78 is 31.4. The van der Waals surface area contributed by atoms with E-state index in [1.54, 1.807) is 19.1 Å². The first kappa shape index (κ1) is 17.2. The fourth-order valence-electron chi connectivity index (χ4n) is 1.51. The zero-order chi connectivity index (χ0) is 15.9. The predicted octanol–water partition coefficient (Wildman–Crippen LogP) is 0.227. The Hall–Kier alpha value is -1.88. The first-order chi connectivity index (χ1) is 9.90. The zero-order valence-corrected chi connectivity index (χ0v) is 12.7. The van der Waals surface area contributed by atoms with Gasteiger partial charge in [0, 0.05) is 5.56 Å². The molecule has 1 aromatic rings. The molecule has 0 aliphatic heterocycles. The second kappa shape index (κ2) is 7.78. The Bertz CT molecular complexity index is 659. The van der Waals surface area contributed by atoms with E-state index >= 15 is 0 Å². The number of sulfonamides is 1. The van der Waals surface area contributed by atoms with Gasteiger partial charge in [0.2, 0.25) is 10.0 Å². The van der Waals surface area contributed by atoms with Crippen LogP contribution < -0.4 is 10.5 Å². The molecular formula is C14H18N2O4S. The molecule has 114 valence electrons. The Morgan fingerprint density at radius 3 is 2.81 bits per heavy atom. The molecule has 0 radical (unpaired) electrons. The SMILES string of the molecule is CCOC(=O)C(C)NS(=O)(=O)c1cccc(C#CCN)c1. The van der Waals surface area contributed by atoms with Gasteiger partial charge in [-0.25, -0.2) is 8.42 Å². The molecule has 0 bridgehead atoms. The van der Waals surface area contributed by atoms with Crippen LogP contribution in [0.25, 0.3) is 0 Å². The number of carbonyl (C=O) groups excluding carboxylic acids is 1. The molecule has 1 rings (SSSR count). The summed E-state index contributed by atoms with van der Waals surface area (Å²) >= 11 is 0. The highest BCUT2D eigenvalue weighted by molar-refractivity contribution is 7.89. The van der Waals surface area contributed by atoms with Gasteiger partial charge in [0.25, 0.3) is 0 Å². The van der Waals surface area contributed by atoms with Crippen molar-refractivity contribution < 1.29 is 17.9 Å². The quantitative estimate of drug-likeness (QED) is 0.599. The van der Waals surface area contributed by atoms with Gasteiger partial charge in [0.1, 0.15) is 6.04 Å². The summed E-state index contributed by atoms with van der Waals surface area (Å²) in [5.41, 5.74) is 5.81. The highest BCUT2D eigenvalue weighted by Crippen LogP contribution is 2.11. The number of carbonyl (C=O) groups is 1. The molecule has 0 fully saturated rings. The largest absolute Gasteiger partial charge is 0.465 e. The van der Waals surface area contributed by atoms with Gasteiger partial charge in [-0.3, -0.25) is 4.79 Å². The van der Waals surface area contributed by atoms with E-state index < -0.39 is 22.0 Å². The number of hydrogen-bond donors (Lipinski definition) is 2. The summed E-state index contributed by atoms with van der Waals surface area (Å²) in [5.74, 6) is 4.78. The lowest BCUT2D eigenvalue weighted by Crippen LogP contribution is -2.39. The molecule has 0 saturated carbocycles. The van der Waals surface area contributed by atoms with Gasteiger partial charge < -0.3 is 10.5 Å². The summed E-state index contributed by atoms with van der Waals surface area (Å²) in [7, 11) is -3.82. The molecule has 1 unspecified atom stereocenters. The van der Waals surface area contributed by atoms with E-state index in [0.717, 1.165) is 0 Å². The Kier molecular flexibility index (Phi) is 6.37. The van der Waals surface area contributed by atoms with E-state index in [9.17, 15) is 13.2 Å². The van der Waals surface area contributed by atoms with E-state index in [4.69, 9.17) is 10.5 Å². The number of benzene rings is 1. The first-order valence-corrected chi connectivity index (χ1v) is 7.87. The summed E-state index contributed by atoms with van der Waals surface area (Å²) in [4.78, 5) is 11.5. The molecular weight excluding hydrogens is 292 g/mol. The lowest BCUT2D eigenvalue weighted by atomic mass is 10.2. The lowest BCUT2D eigenvalue weighted by molar-refractivity contribution is -0.144. The van der Waals surface area contributed by atoms with Crippen LogP contribution in [-0.4, -0.2) is 33.6 Å². The molecule has 0 aliphatic carbocycles. The minimum atomic E-state index is -3.82. The van der Waals surface area contributed by atoms with Crippen LogP contribution in [-0.2, 0) is 19.6 Å². The average molecular weight is 310 g/mol. The van der Waals surface area contributed by atoms with Crippen molar-refractivity contribution in [3.05, 3.63) is 29.8 Å². The molecule has 1 atom stereocenters. The molecule has 21 heavy (non-hydrogen) atoms. The molecule has 1 aromatic carbocycles. The fourth-order valence-corrected chi connectivity index (χ4v) is 2.75. The maximum atomic E-state index is 12.2. The van der Waals surface area contributed by atoms with Crippen molar-refractivity contribution in [2.75, 3.05) is 13.2 Å². The van der Waals surface area contributed by atoms with E-state index in [1.165, 1.54) is 19.1 Å². The van der Waals surface area contributed by atoms with Crippen LogP contribution in [0.2, 0.25) is 0 Å². The van der Waals surface area contributed by atoms with Crippen molar-refractivity contribution in [1.29, 1.82) is 0 Å². The van der Waals surface area contributed by atoms with E-state index in [-0.39, 0.29) is 18.0 Å². The molecule has 0 spiro atoms. The first-order valence-electron chi connectivity index (χ1n) is 6.38. The van der Waals surface area contributed by atoms with Crippen molar-refractivity contribution in [1.82, 2.24) is 4.72 Å². The zero-order valence-electron chi connectivity index (χ0n) is 11.9. The second-order valence-electron chi connectivity index (χ2n) is 4.13. The van der Waals surface area contributed by atoms with Gasteiger partial charge in [-0.05, 0) is 32.0 Å². The number of rotatable bonds is 5. The Morgan fingerprint density at radius 2 is 2.19 bits per heavy atom. The van der Waals surface area contributed by atoms with Crippen LogP contribution in [0.15, 0.2) is 29.2 Å². The summed E-state index contributed by atoms with van der Waals surface area (Å²) in [6.07, 6.45) is 0. The Balaban J connectivity index is 2.95. The van der Waals surface area contributed by atoms with Crippen LogP contribution in [0.3, 0.4) is 0 Å². The maximum Gasteiger partial charge on any atom is 0.323 e. The highest BCUT2D eigenvalue weighted by Gasteiger charge is 2.22. The maximum absolute atomic E-state index is 12.2. The van der Waals surface area contributed by atoms with Crippen molar-refractivity contribution in [3.63, 3.8) is 0 Å². The third kappa shape index (κ3) is 5.19. The average Bonchev–Trinajstić information content (AvgIpc) is 2.45. The number of hydrogen-bond acceptors (Lipinski definition) is 5. The molecule has 6 nitrogen and oxygen atoms in total.